The average Bonchev–Trinajstić information content (AvgIpc) is 2.69. The molecule has 2 aromatic rings. The van der Waals surface area contributed by atoms with E-state index in [1.54, 1.807) is 0 Å². The lowest BCUT2D eigenvalue weighted by Crippen LogP contribution is -2.43. The number of fused-ring (bicyclic) bond motifs is 1. The number of amides is 1. The maximum Gasteiger partial charge on any atom is 0.289 e. The van der Waals surface area contributed by atoms with Gasteiger partial charge in [-0.15, -0.1) is 24.8 Å². The molecule has 178 valence electrons. The van der Waals surface area contributed by atoms with Crippen molar-refractivity contribution in [1.82, 2.24) is 15.3 Å². The van der Waals surface area contributed by atoms with Crippen LogP contribution in [0.4, 0.5) is 5.82 Å². The second-order valence-corrected chi connectivity index (χ2v) is 8.76. The molecule has 0 saturated heterocycles. The van der Waals surface area contributed by atoms with Crippen LogP contribution in [0.5, 0.6) is 0 Å². The predicted molar refractivity (Wildman–Crippen MR) is 136 cm³/mol. The first kappa shape index (κ1) is 27.7. The summed E-state index contributed by atoms with van der Waals surface area (Å²) >= 11 is 0. The maximum atomic E-state index is 12.9. The normalized spacial score (nSPS) is 18.1. The summed E-state index contributed by atoms with van der Waals surface area (Å²) in [6.07, 6.45) is 4.83. The minimum atomic E-state index is -0.335. The van der Waals surface area contributed by atoms with Gasteiger partial charge < -0.3 is 22.1 Å². The number of nitrogens with zero attached hydrogens (tertiary/aromatic N) is 3. The highest BCUT2D eigenvalue weighted by atomic mass is 35.5. The maximum absolute atomic E-state index is 12.9. The zero-order chi connectivity index (χ0) is 21.9. The number of nitrogens with one attached hydrogen (secondary N) is 2. The number of hydrogen-bond acceptors (Lipinski definition) is 5. The Labute approximate surface area is 202 Å². The fraction of sp³-hybridized carbons (Fsp3) is 0.545. The van der Waals surface area contributed by atoms with Crippen LogP contribution in [0.3, 0.4) is 0 Å². The molecule has 32 heavy (non-hydrogen) atoms. The van der Waals surface area contributed by atoms with E-state index in [1.807, 2.05) is 45.9 Å². The lowest BCUT2D eigenvalue weighted by molar-refractivity contribution is 0.0901. The third kappa shape index (κ3) is 6.84. The van der Waals surface area contributed by atoms with Gasteiger partial charge >= 0.3 is 0 Å². The molecule has 0 unspecified atom stereocenters. The van der Waals surface area contributed by atoms with Crippen LogP contribution >= 0.6 is 24.8 Å². The molecule has 1 fully saturated rings. The van der Waals surface area contributed by atoms with Crippen molar-refractivity contribution in [2.24, 2.45) is 16.5 Å². The number of rotatable bonds is 6. The Morgan fingerprint density at radius 1 is 1.19 bits per heavy atom. The predicted octanol–water partition coefficient (Wildman–Crippen LogP) is 3.70. The van der Waals surface area contributed by atoms with E-state index in [0.717, 1.165) is 48.6 Å². The Morgan fingerprint density at radius 2 is 1.88 bits per heavy atom. The van der Waals surface area contributed by atoms with Gasteiger partial charge in [0, 0.05) is 10.9 Å². The Morgan fingerprint density at radius 3 is 2.53 bits per heavy atom. The molecule has 6 N–H and O–H groups in total. The summed E-state index contributed by atoms with van der Waals surface area (Å²) in [6.45, 7) is 8.02. The Balaban J connectivity index is 0.00000256. The molecule has 0 bridgehead atoms. The quantitative estimate of drug-likeness (QED) is 0.365. The monoisotopic (exact) mass is 483 g/mol. The van der Waals surface area contributed by atoms with E-state index >= 15 is 0 Å². The molecular formula is C22H35Cl2N7O. The number of benzene rings is 1. The molecule has 3 rings (SSSR count). The first-order valence-electron chi connectivity index (χ1n) is 10.6. The lowest BCUT2D eigenvalue weighted by Gasteiger charge is -2.30. The topological polar surface area (TPSA) is 131 Å². The van der Waals surface area contributed by atoms with Gasteiger partial charge in [-0.05, 0) is 52.2 Å². The van der Waals surface area contributed by atoms with Crippen LogP contribution in [0.2, 0.25) is 0 Å². The molecule has 8 nitrogen and oxygen atoms in total. The molecule has 1 aliphatic carbocycles. The van der Waals surface area contributed by atoms with Gasteiger partial charge in [0.05, 0.1) is 17.6 Å². The fourth-order valence-electron chi connectivity index (χ4n) is 3.71. The van der Waals surface area contributed by atoms with Gasteiger partial charge in [0.2, 0.25) is 5.82 Å². The number of halogens is 2. The van der Waals surface area contributed by atoms with Gasteiger partial charge in [0.25, 0.3) is 5.91 Å². The summed E-state index contributed by atoms with van der Waals surface area (Å²) in [5.41, 5.74) is 12.8. The molecule has 0 aliphatic heterocycles. The van der Waals surface area contributed by atoms with Gasteiger partial charge in [0.1, 0.15) is 5.82 Å². The summed E-state index contributed by atoms with van der Waals surface area (Å²) < 4.78 is 0. The van der Waals surface area contributed by atoms with Crippen molar-refractivity contribution in [3.63, 3.8) is 0 Å². The number of hydrogen-bond donors (Lipinski definition) is 4. The van der Waals surface area contributed by atoms with Crippen LogP contribution in [0.25, 0.3) is 10.9 Å². The number of anilines is 1. The second-order valence-electron chi connectivity index (χ2n) is 8.76. The molecular weight excluding hydrogens is 449 g/mol. The van der Waals surface area contributed by atoms with E-state index in [1.165, 1.54) is 0 Å². The molecule has 1 aromatic carbocycles. The lowest BCUT2D eigenvalue weighted by atomic mass is 9.90. The van der Waals surface area contributed by atoms with Crippen molar-refractivity contribution in [3.8, 4) is 0 Å². The smallest absolute Gasteiger partial charge is 0.289 e. The summed E-state index contributed by atoms with van der Waals surface area (Å²) in [4.78, 5) is 26.4. The Hall–Kier alpha value is -2.32. The number of carbonyl (C=O) groups is 1. The highest BCUT2D eigenvalue weighted by Gasteiger charge is 2.27. The second kappa shape index (κ2) is 11.5. The molecule has 1 aliphatic rings. The Bertz CT molecular complexity index is 961. The number of carbonyl (C=O) groups excluding carboxylic acids is 1. The molecule has 2 atom stereocenters. The Kier molecular flexibility index (Phi) is 9.97. The van der Waals surface area contributed by atoms with Crippen LogP contribution < -0.4 is 22.1 Å². The van der Waals surface area contributed by atoms with Gasteiger partial charge in [0.15, 0.2) is 5.96 Å². The highest BCUT2D eigenvalue weighted by molar-refractivity contribution is 5.97. The number of guanidine groups is 1. The van der Waals surface area contributed by atoms with E-state index in [2.05, 4.69) is 25.6 Å². The van der Waals surface area contributed by atoms with Crippen LogP contribution in [0, 0.1) is 6.92 Å². The fourth-order valence-corrected chi connectivity index (χ4v) is 3.71. The average molecular weight is 484 g/mol. The van der Waals surface area contributed by atoms with Crippen molar-refractivity contribution in [1.29, 1.82) is 0 Å². The molecule has 1 aromatic heterocycles. The van der Waals surface area contributed by atoms with E-state index in [-0.39, 0.29) is 60.1 Å². The number of aryl methyl sites for hydroxylation is 1. The number of aromatic nitrogens is 2. The van der Waals surface area contributed by atoms with Gasteiger partial charge in [-0.2, -0.15) is 0 Å². The van der Waals surface area contributed by atoms with Crippen LogP contribution in [-0.4, -0.2) is 39.5 Å². The van der Waals surface area contributed by atoms with Gasteiger partial charge in [-0.3, -0.25) is 4.79 Å². The summed E-state index contributed by atoms with van der Waals surface area (Å²) in [7, 11) is 0. The van der Waals surface area contributed by atoms with Crippen molar-refractivity contribution < 1.29 is 4.79 Å². The standard InChI is InChI=1S/C22H33N7O.2ClH/c1-5-22(3,4)29-20(30)19-25-15-11-10-13(2)12-14(15)18(28-19)26-16-8-6-7-9-17(16)27-21(23)24;;/h10-12,16-17H,5-9H2,1-4H3,(H,29,30)(H4,23,24,27)(H,25,26,28);2*1H/t16-,17+;;/m0../s1. The van der Waals surface area contributed by atoms with Crippen LogP contribution in [-0.2, 0) is 0 Å². The SMILES string of the molecule is CCC(C)(C)NC(=O)c1nc(N[C@H]2CCCC[C@H]2N=C(N)N)c2cc(C)ccc2n1.Cl.Cl. The first-order chi connectivity index (χ1) is 14.2. The third-order valence-electron chi connectivity index (χ3n) is 5.76. The molecule has 1 heterocycles. The third-order valence-corrected chi connectivity index (χ3v) is 5.76. The van der Waals surface area contributed by atoms with Crippen LogP contribution in [0.1, 0.15) is 69.1 Å². The summed E-state index contributed by atoms with van der Waals surface area (Å²) in [5.74, 6) is 0.617. The zero-order valence-corrected chi connectivity index (χ0v) is 20.8. The molecule has 1 saturated carbocycles. The zero-order valence-electron chi connectivity index (χ0n) is 19.1. The summed E-state index contributed by atoms with van der Waals surface area (Å²) in [6, 6.07) is 5.97. The number of aliphatic imine (C=N–C) groups is 1. The molecule has 1 amide bonds. The highest BCUT2D eigenvalue weighted by Crippen LogP contribution is 2.28. The van der Waals surface area contributed by atoms with E-state index in [0.29, 0.717) is 5.82 Å². The minimum absolute atomic E-state index is 0. The van der Waals surface area contributed by atoms with Gasteiger partial charge in [-0.25, -0.2) is 15.0 Å². The molecule has 0 radical (unpaired) electrons. The van der Waals surface area contributed by atoms with E-state index in [4.69, 9.17) is 11.5 Å². The van der Waals surface area contributed by atoms with E-state index < -0.39 is 0 Å². The van der Waals surface area contributed by atoms with Gasteiger partial charge in [-0.1, -0.05) is 31.4 Å². The molecule has 0 spiro atoms. The van der Waals surface area contributed by atoms with Crippen LogP contribution in [0.15, 0.2) is 23.2 Å². The van der Waals surface area contributed by atoms with Crippen molar-refractivity contribution >= 4 is 53.4 Å². The largest absolute Gasteiger partial charge is 0.370 e. The summed E-state index contributed by atoms with van der Waals surface area (Å²) in [5, 5.41) is 7.43. The first-order valence-corrected chi connectivity index (χ1v) is 10.6. The minimum Gasteiger partial charge on any atom is -0.370 e. The van der Waals surface area contributed by atoms with E-state index in [9.17, 15) is 4.79 Å². The molecule has 10 heteroatoms. The van der Waals surface area contributed by atoms with Crippen molar-refractivity contribution in [2.75, 3.05) is 5.32 Å². The number of nitrogens with two attached hydrogens (primary N) is 2. The van der Waals surface area contributed by atoms with Crippen molar-refractivity contribution in [3.05, 3.63) is 29.6 Å². The van der Waals surface area contributed by atoms with Crippen molar-refractivity contribution in [2.45, 2.75) is 77.4 Å².